The highest BCUT2D eigenvalue weighted by Crippen LogP contribution is 2.55. The number of thioether (sulfide) groups is 1. The van der Waals surface area contributed by atoms with Crippen LogP contribution in [0.4, 0.5) is 0 Å². The van der Waals surface area contributed by atoms with E-state index >= 15 is 0 Å². The molecule has 1 N–H and O–H groups in total. The van der Waals surface area contributed by atoms with Crippen molar-refractivity contribution in [1.82, 2.24) is 20.1 Å². The van der Waals surface area contributed by atoms with E-state index in [4.69, 9.17) is 4.42 Å². The van der Waals surface area contributed by atoms with E-state index in [0.717, 1.165) is 22.9 Å². The summed E-state index contributed by atoms with van der Waals surface area (Å²) in [4.78, 5) is 13.0. The Bertz CT molecular complexity index is 809. The second-order valence-corrected chi connectivity index (χ2v) is 10.1. The molecule has 2 aromatic rings. The molecular weight excluding hydrogens is 360 g/mol. The first-order valence-corrected chi connectivity index (χ1v) is 10.8. The summed E-state index contributed by atoms with van der Waals surface area (Å²) in [5, 5.41) is 12.5. The van der Waals surface area contributed by atoms with Crippen LogP contribution < -0.4 is 5.32 Å². The Hall–Kier alpha value is -1.76. The fourth-order valence-electron chi connectivity index (χ4n) is 5.88. The summed E-state index contributed by atoms with van der Waals surface area (Å²) in [6, 6.07) is 3.69. The normalized spacial score (nSPS) is 32.6. The molecule has 144 valence electrons. The average molecular weight is 387 g/mol. The summed E-state index contributed by atoms with van der Waals surface area (Å²) in [5.74, 6) is 3.97. The molecule has 4 aliphatic rings. The van der Waals surface area contributed by atoms with Crippen molar-refractivity contribution in [3.8, 4) is 11.6 Å². The predicted molar refractivity (Wildman–Crippen MR) is 103 cm³/mol. The van der Waals surface area contributed by atoms with Gasteiger partial charge in [0.05, 0.1) is 11.5 Å². The van der Waals surface area contributed by atoms with Crippen LogP contribution >= 0.6 is 11.8 Å². The molecule has 4 bridgehead atoms. The maximum atomic E-state index is 13.0. The SMILES string of the molecule is C[C@@H](Sc1nnc(-c2ccco2)n1C)C(=O)NC12CC3CC(CC(C3)C1)C2. The van der Waals surface area contributed by atoms with Gasteiger partial charge in [-0.05, 0) is 75.3 Å². The molecule has 6 rings (SSSR count). The molecule has 1 amide bonds. The Morgan fingerprint density at radius 2 is 1.93 bits per heavy atom. The van der Waals surface area contributed by atoms with Crippen molar-refractivity contribution in [2.75, 3.05) is 0 Å². The molecule has 4 aliphatic carbocycles. The number of hydrogen-bond donors (Lipinski definition) is 1. The van der Waals surface area contributed by atoms with Gasteiger partial charge in [0.1, 0.15) is 0 Å². The number of hydrogen-bond acceptors (Lipinski definition) is 5. The standard InChI is InChI=1S/C20H26N4O2S/c1-12(27-19-23-22-17(24(19)2)16-4-3-5-26-16)18(25)21-20-9-13-6-14(10-20)8-15(7-13)11-20/h3-5,12-15H,6-11H2,1-2H3,(H,21,25)/t12-,13?,14?,15?,20?/m1/s1. The van der Waals surface area contributed by atoms with E-state index in [1.54, 1.807) is 6.26 Å². The molecule has 7 heteroatoms. The first-order valence-electron chi connectivity index (χ1n) is 9.93. The minimum absolute atomic E-state index is 0.0554. The molecule has 4 fully saturated rings. The molecule has 0 saturated heterocycles. The lowest BCUT2D eigenvalue weighted by Crippen LogP contribution is -2.60. The second kappa shape index (κ2) is 6.40. The number of aromatic nitrogens is 3. The minimum Gasteiger partial charge on any atom is -0.461 e. The maximum absolute atomic E-state index is 13.0. The van der Waals surface area contributed by atoms with Crippen LogP contribution in [0.5, 0.6) is 0 Å². The Balaban J connectivity index is 1.27. The van der Waals surface area contributed by atoms with Gasteiger partial charge >= 0.3 is 0 Å². The zero-order valence-electron chi connectivity index (χ0n) is 15.9. The third-order valence-corrected chi connectivity index (χ3v) is 7.79. The van der Waals surface area contributed by atoms with Crippen molar-refractivity contribution < 1.29 is 9.21 Å². The molecule has 0 unspecified atom stereocenters. The molecule has 27 heavy (non-hydrogen) atoms. The van der Waals surface area contributed by atoms with Crippen LogP contribution in [0.25, 0.3) is 11.6 Å². The van der Waals surface area contributed by atoms with Gasteiger partial charge < -0.3 is 14.3 Å². The van der Waals surface area contributed by atoms with Crippen LogP contribution in [0.1, 0.15) is 45.4 Å². The third-order valence-electron chi connectivity index (χ3n) is 6.65. The van der Waals surface area contributed by atoms with Crippen molar-refractivity contribution in [3.63, 3.8) is 0 Å². The van der Waals surface area contributed by atoms with Crippen LogP contribution in [0.2, 0.25) is 0 Å². The van der Waals surface area contributed by atoms with E-state index in [9.17, 15) is 4.79 Å². The number of carbonyl (C=O) groups is 1. The van der Waals surface area contributed by atoms with Crippen LogP contribution in [0, 0.1) is 17.8 Å². The third kappa shape index (κ3) is 3.10. The summed E-state index contributed by atoms with van der Waals surface area (Å²) in [5.41, 5.74) is 0.0554. The smallest absolute Gasteiger partial charge is 0.233 e. The predicted octanol–water partition coefficient (Wildman–Crippen LogP) is 3.64. The monoisotopic (exact) mass is 386 g/mol. The molecular formula is C20H26N4O2S. The highest BCUT2D eigenvalue weighted by atomic mass is 32.2. The largest absolute Gasteiger partial charge is 0.461 e. The topological polar surface area (TPSA) is 73.0 Å². The minimum atomic E-state index is -0.203. The van der Waals surface area contributed by atoms with Crippen LogP contribution in [0.3, 0.4) is 0 Å². The van der Waals surface area contributed by atoms with Gasteiger partial charge in [-0.3, -0.25) is 4.79 Å². The van der Waals surface area contributed by atoms with Gasteiger partial charge in [-0.1, -0.05) is 11.8 Å². The number of amides is 1. The van der Waals surface area contributed by atoms with Crippen molar-refractivity contribution in [2.45, 2.75) is 61.4 Å². The Morgan fingerprint density at radius 3 is 2.52 bits per heavy atom. The zero-order chi connectivity index (χ0) is 18.6. The summed E-state index contributed by atoms with van der Waals surface area (Å²) in [7, 11) is 1.91. The molecule has 1 atom stereocenters. The number of nitrogens with zero attached hydrogens (tertiary/aromatic N) is 3. The highest BCUT2D eigenvalue weighted by molar-refractivity contribution is 8.00. The highest BCUT2D eigenvalue weighted by Gasteiger charge is 2.51. The van der Waals surface area contributed by atoms with E-state index in [1.807, 2.05) is 30.7 Å². The average Bonchev–Trinajstić information content (AvgIpc) is 3.24. The Morgan fingerprint density at radius 1 is 1.26 bits per heavy atom. The molecule has 4 saturated carbocycles. The summed E-state index contributed by atoms with van der Waals surface area (Å²) < 4.78 is 7.30. The van der Waals surface area contributed by atoms with Crippen molar-refractivity contribution in [3.05, 3.63) is 18.4 Å². The summed E-state index contributed by atoms with van der Waals surface area (Å²) in [6.45, 7) is 1.96. The molecule has 2 heterocycles. The van der Waals surface area contributed by atoms with Crippen molar-refractivity contribution in [1.29, 1.82) is 0 Å². The fraction of sp³-hybridized carbons (Fsp3) is 0.650. The zero-order valence-corrected chi connectivity index (χ0v) is 16.7. The molecule has 2 aromatic heterocycles. The summed E-state index contributed by atoms with van der Waals surface area (Å²) in [6.07, 6.45) is 9.30. The summed E-state index contributed by atoms with van der Waals surface area (Å²) >= 11 is 1.46. The maximum Gasteiger partial charge on any atom is 0.233 e. The van der Waals surface area contributed by atoms with E-state index in [1.165, 1.54) is 50.3 Å². The van der Waals surface area contributed by atoms with Gasteiger partial charge in [0.25, 0.3) is 0 Å². The fourth-order valence-corrected chi connectivity index (χ4v) is 6.69. The number of furan rings is 1. The van der Waals surface area contributed by atoms with Gasteiger partial charge in [-0.2, -0.15) is 0 Å². The lowest BCUT2D eigenvalue weighted by atomic mass is 9.53. The molecule has 0 radical (unpaired) electrons. The molecule has 0 aromatic carbocycles. The first kappa shape index (κ1) is 17.3. The van der Waals surface area contributed by atoms with E-state index < -0.39 is 0 Å². The van der Waals surface area contributed by atoms with E-state index in [2.05, 4.69) is 15.5 Å². The molecule has 6 nitrogen and oxygen atoms in total. The van der Waals surface area contributed by atoms with E-state index in [-0.39, 0.29) is 16.7 Å². The van der Waals surface area contributed by atoms with Crippen molar-refractivity contribution in [2.24, 2.45) is 24.8 Å². The number of carbonyl (C=O) groups excluding carboxylic acids is 1. The molecule has 0 aliphatic heterocycles. The first-order chi connectivity index (χ1) is 13.0. The van der Waals surface area contributed by atoms with E-state index in [0.29, 0.717) is 11.6 Å². The Labute approximate surface area is 163 Å². The van der Waals surface area contributed by atoms with Gasteiger partial charge in [-0.15, -0.1) is 10.2 Å². The van der Waals surface area contributed by atoms with Crippen molar-refractivity contribution >= 4 is 17.7 Å². The van der Waals surface area contributed by atoms with Gasteiger partial charge in [0.2, 0.25) is 5.91 Å². The Kier molecular flexibility index (Phi) is 4.11. The molecule has 0 spiro atoms. The van der Waals surface area contributed by atoms with Crippen LogP contribution in [-0.2, 0) is 11.8 Å². The second-order valence-electron chi connectivity index (χ2n) is 8.79. The quantitative estimate of drug-likeness (QED) is 0.794. The number of nitrogens with one attached hydrogen (secondary N) is 1. The number of rotatable bonds is 5. The van der Waals surface area contributed by atoms with Gasteiger partial charge in [-0.25, -0.2) is 0 Å². The van der Waals surface area contributed by atoms with Crippen LogP contribution in [-0.4, -0.2) is 31.5 Å². The van der Waals surface area contributed by atoms with Gasteiger partial charge in [0.15, 0.2) is 16.7 Å². The lowest BCUT2D eigenvalue weighted by Gasteiger charge is -2.57. The van der Waals surface area contributed by atoms with Crippen LogP contribution in [0.15, 0.2) is 28.0 Å². The van der Waals surface area contributed by atoms with Gasteiger partial charge in [0, 0.05) is 12.6 Å². The lowest BCUT2D eigenvalue weighted by molar-refractivity contribution is -0.126.